The summed E-state index contributed by atoms with van der Waals surface area (Å²) < 4.78 is 3.52. The molecular weight excluding hydrogens is 294 g/mol. The standard InChI is InChI=1S/C13H13N3S3/c1-2-11(17-6-1)19-12-10(8-14-9-3-4-9)16-5-7-18-13(16)15-12/h1-2,5-7,9,14H,3-4,8H2. The highest BCUT2D eigenvalue weighted by Crippen LogP contribution is 2.34. The van der Waals surface area contributed by atoms with Crippen molar-refractivity contribution in [3.8, 4) is 0 Å². The van der Waals surface area contributed by atoms with Gasteiger partial charge in [-0.3, -0.25) is 4.40 Å². The molecule has 3 aromatic rings. The predicted molar refractivity (Wildman–Crippen MR) is 81.4 cm³/mol. The van der Waals surface area contributed by atoms with E-state index in [0.29, 0.717) is 0 Å². The number of nitrogens with zero attached hydrogens (tertiary/aromatic N) is 2. The summed E-state index contributed by atoms with van der Waals surface area (Å²) in [4.78, 5) is 5.85. The lowest BCUT2D eigenvalue weighted by atomic mass is 10.4. The molecule has 0 atom stereocenters. The van der Waals surface area contributed by atoms with E-state index < -0.39 is 0 Å². The number of nitrogens with one attached hydrogen (secondary N) is 1. The van der Waals surface area contributed by atoms with Gasteiger partial charge in [-0.05, 0) is 24.3 Å². The van der Waals surface area contributed by atoms with Crippen LogP contribution in [0.1, 0.15) is 18.5 Å². The second-order valence-corrected chi connectivity index (χ2v) is 7.72. The Hall–Kier alpha value is -0.820. The molecule has 0 aromatic carbocycles. The molecule has 98 valence electrons. The predicted octanol–water partition coefficient (Wildman–Crippen LogP) is 3.86. The lowest BCUT2D eigenvalue weighted by Gasteiger charge is -2.04. The summed E-state index contributed by atoms with van der Waals surface area (Å²) in [6.07, 6.45) is 4.76. The number of hydrogen-bond donors (Lipinski definition) is 1. The molecule has 3 heterocycles. The highest BCUT2D eigenvalue weighted by Gasteiger charge is 2.22. The first kappa shape index (κ1) is 12.0. The van der Waals surface area contributed by atoms with Crippen LogP contribution in [0.15, 0.2) is 38.3 Å². The quantitative estimate of drug-likeness (QED) is 0.776. The van der Waals surface area contributed by atoms with Crippen LogP contribution in [-0.4, -0.2) is 15.4 Å². The molecule has 6 heteroatoms. The van der Waals surface area contributed by atoms with Crippen molar-refractivity contribution in [2.24, 2.45) is 0 Å². The Balaban J connectivity index is 1.66. The molecule has 4 rings (SSSR count). The lowest BCUT2D eigenvalue weighted by molar-refractivity contribution is 0.661. The van der Waals surface area contributed by atoms with Crippen LogP contribution >= 0.6 is 34.4 Å². The van der Waals surface area contributed by atoms with Crippen LogP contribution in [0.3, 0.4) is 0 Å². The van der Waals surface area contributed by atoms with Gasteiger partial charge in [-0.2, -0.15) is 0 Å². The highest BCUT2D eigenvalue weighted by molar-refractivity contribution is 8.01. The molecule has 0 saturated heterocycles. The Kier molecular flexibility index (Phi) is 3.11. The van der Waals surface area contributed by atoms with Crippen LogP contribution < -0.4 is 5.32 Å². The molecule has 1 aliphatic rings. The van der Waals surface area contributed by atoms with Crippen molar-refractivity contribution >= 4 is 39.4 Å². The summed E-state index contributed by atoms with van der Waals surface area (Å²) in [5.74, 6) is 0. The van der Waals surface area contributed by atoms with E-state index in [1.807, 2.05) is 0 Å². The molecule has 0 bridgehead atoms. The van der Waals surface area contributed by atoms with Crippen molar-refractivity contribution in [2.45, 2.75) is 34.7 Å². The SMILES string of the molecule is c1csc(Sc2nc3sccn3c2CNC2CC2)c1. The number of imidazole rings is 1. The summed E-state index contributed by atoms with van der Waals surface area (Å²) in [6.45, 7) is 0.913. The molecule has 0 unspecified atom stereocenters. The Morgan fingerprint density at radius 2 is 2.32 bits per heavy atom. The molecule has 1 aliphatic carbocycles. The van der Waals surface area contributed by atoms with E-state index in [0.717, 1.165) is 22.6 Å². The van der Waals surface area contributed by atoms with Gasteiger partial charge in [0.2, 0.25) is 0 Å². The van der Waals surface area contributed by atoms with Gasteiger partial charge in [0.15, 0.2) is 4.96 Å². The van der Waals surface area contributed by atoms with Gasteiger partial charge in [0.25, 0.3) is 0 Å². The molecule has 0 spiro atoms. The fourth-order valence-electron chi connectivity index (χ4n) is 2.00. The molecule has 0 amide bonds. The third-order valence-electron chi connectivity index (χ3n) is 3.15. The minimum Gasteiger partial charge on any atom is -0.308 e. The molecule has 3 nitrogen and oxygen atoms in total. The number of thiazole rings is 1. The number of aromatic nitrogens is 2. The van der Waals surface area contributed by atoms with Crippen molar-refractivity contribution in [3.63, 3.8) is 0 Å². The van der Waals surface area contributed by atoms with Crippen molar-refractivity contribution in [2.75, 3.05) is 0 Å². The van der Waals surface area contributed by atoms with Gasteiger partial charge < -0.3 is 5.32 Å². The molecule has 0 radical (unpaired) electrons. The van der Waals surface area contributed by atoms with Crippen LogP contribution in [0.4, 0.5) is 0 Å². The van der Waals surface area contributed by atoms with E-state index in [4.69, 9.17) is 4.98 Å². The van der Waals surface area contributed by atoms with Crippen LogP contribution in [0, 0.1) is 0 Å². The average Bonchev–Trinajstić information content (AvgIpc) is 2.81. The Bertz CT molecular complexity index is 679. The van der Waals surface area contributed by atoms with Gasteiger partial charge in [-0.15, -0.1) is 22.7 Å². The molecule has 1 saturated carbocycles. The Labute approximate surface area is 123 Å². The lowest BCUT2D eigenvalue weighted by Crippen LogP contribution is -2.16. The van der Waals surface area contributed by atoms with Crippen molar-refractivity contribution in [3.05, 3.63) is 34.8 Å². The van der Waals surface area contributed by atoms with Crippen molar-refractivity contribution < 1.29 is 0 Å². The number of fused-ring (bicyclic) bond motifs is 1. The Morgan fingerprint density at radius 1 is 1.37 bits per heavy atom. The molecular formula is C13H13N3S3. The Morgan fingerprint density at radius 3 is 3.11 bits per heavy atom. The second-order valence-electron chi connectivity index (χ2n) is 4.61. The zero-order valence-electron chi connectivity index (χ0n) is 10.2. The maximum atomic E-state index is 4.76. The smallest absolute Gasteiger partial charge is 0.194 e. The van der Waals surface area contributed by atoms with Gasteiger partial charge in [-0.25, -0.2) is 4.98 Å². The van der Waals surface area contributed by atoms with E-state index in [1.165, 1.54) is 22.7 Å². The first-order valence-electron chi connectivity index (χ1n) is 6.29. The molecule has 1 fully saturated rings. The van der Waals surface area contributed by atoms with E-state index >= 15 is 0 Å². The molecule has 1 N–H and O–H groups in total. The van der Waals surface area contributed by atoms with Crippen LogP contribution in [0.5, 0.6) is 0 Å². The van der Waals surface area contributed by atoms with Gasteiger partial charge in [0, 0.05) is 24.2 Å². The summed E-state index contributed by atoms with van der Waals surface area (Å²) in [5.41, 5.74) is 1.29. The maximum Gasteiger partial charge on any atom is 0.194 e. The molecule has 3 aromatic heterocycles. The van der Waals surface area contributed by atoms with Gasteiger partial charge in [0.05, 0.1) is 9.90 Å². The van der Waals surface area contributed by atoms with Crippen LogP contribution in [0.25, 0.3) is 4.96 Å². The monoisotopic (exact) mass is 307 g/mol. The largest absolute Gasteiger partial charge is 0.308 e. The molecule has 19 heavy (non-hydrogen) atoms. The molecule has 0 aliphatic heterocycles. The van der Waals surface area contributed by atoms with Crippen LogP contribution in [-0.2, 0) is 6.54 Å². The number of thiophene rings is 1. The minimum atomic E-state index is 0.726. The topological polar surface area (TPSA) is 29.3 Å². The first-order chi connectivity index (χ1) is 9.40. The summed E-state index contributed by atoms with van der Waals surface area (Å²) in [5, 5.41) is 8.95. The first-order valence-corrected chi connectivity index (χ1v) is 8.87. The second kappa shape index (κ2) is 4.94. The van der Waals surface area contributed by atoms with Crippen molar-refractivity contribution in [1.82, 2.24) is 14.7 Å². The van der Waals surface area contributed by atoms with E-state index in [9.17, 15) is 0 Å². The third kappa shape index (κ3) is 2.45. The normalized spacial score (nSPS) is 15.4. The maximum absolute atomic E-state index is 4.76. The average molecular weight is 307 g/mol. The van der Waals surface area contributed by atoms with Gasteiger partial charge in [0.1, 0.15) is 5.03 Å². The van der Waals surface area contributed by atoms with Crippen LogP contribution in [0.2, 0.25) is 0 Å². The van der Waals surface area contributed by atoms with Gasteiger partial charge >= 0.3 is 0 Å². The number of hydrogen-bond acceptors (Lipinski definition) is 5. The van der Waals surface area contributed by atoms with Gasteiger partial charge in [-0.1, -0.05) is 17.8 Å². The van der Waals surface area contributed by atoms with E-state index in [2.05, 4.69) is 38.8 Å². The number of rotatable bonds is 5. The zero-order chi connectivity index (χ0) is 12.7. The fourth-order valence-corrected chi connectivity index (χ4v) is 4.59. The summed E-state index contributed by atoms with van der Waals surface area (Å²) in [7, 11) is 0. The summed E-state index contributed by atoms with van der Waals surface area (Å²) >= 11 is 5.25. The van der Waals surface area contributed by atoms with E-state index in [1.54, 1.807) is 34.4 Å². The minimum absolute atomic E-state index is 0.726. The van der Waals surface area contributed by atoms with Crippen molar-refractivity contribution in [1.29, 1.82) is 0 Å². The van der Waals surface area contributed by atoms with E-state index in [-0.39, 0.29) is 0 Å². The fraction of sp³-hybridized carbons (Fsp3) is 0.308. The summed E-state index contributed by atoms with van der Waals surface area (Å²) in [6, 6.07) is 4.97. The third-order valence-corrected chi connectivity index (χ3v) is 5.97. The zero-order valence-corrected chi connectivity index (χ0v) is 12.7. The highest BCUT2D eigenvalue weighted by atomic mass is 32.2.